The fourth-order valence-corrected chi connectivity index (χ4v) is 3.07. The van der Waals surface area contributed by atoms with Crippen molar-refractivity contribution in [2.75, 3.05) is 0 Å². The molecule has 1 aromatic heterocycles. The molecule has 0 radical (unpaired) electrons. The van der Waals surface area contributed by atoms with Crippen molar-refractivity contribution in [1.82, 2.24) is 4.57 Å². The highest BCUT2D eigenvalue weighted by atomic mass is 35.5. The normalized spacial score (nSPS) is 11.3. The molecule has 0 saturated carbocycles. The first kappa shape index (κ1) is 12.5. The zero-order valence-corrected chi connectivity index (χ0v) is 12.2. The molecule has 0 N–H and O–H groups in total. The van der Waals surface area contributed by atoms with Crippen molar-refractivity contribution >= 4 is 33.4 Å². The lowest BCUT2D eigenvalue weighted by Crippen LogP contribution is -1.98. The zero-order chi connectivity index (χ0) is 14.2. The van der Waals surface area contributed by atoms with E-state index in [-0.39, 0.29) is 0 Å². The van der Waals surface area contributed by atoms with Crippen LogP contribution in [0.5, 0.6) is 0 Å². The summed E-state index contributed by atoms with van der Waals surface area (Å²) in [5, 5.41) is 3.39. The Morgan fingerprint density at radius 3 is 1.76 bits per heavy atom. The van der Waals surface area contributed by atoms with Crippen LogP contribution in [-0.2, 0) is 6.54 Å². The molecule has 0 fully saturated rings. The molecular weight excluding hydrogens is 278 g/mol. The van der Waals surface area contributed by atoms with Gasteiger partial charge < -0.3 is 4.57 Å². The van der Waals surface area contributed by atoms with E-state index < -0.39 is 0 Å². The van der Waals surface area contributed by atoms with Crippen LogP contribution >= 0.6 is 11.6 Å². The molecule has 102 valence electrons. The molecule has 0 aliphatic heterocycles. The van der Waals surface area contributed by atoms with Gasteiger partial charge in [-0.3, -0.25) is 0 Å². The third kappa shape index (κ3) is 2.10. The Balaban J connectivity index is 1.95. The van der Waals surface area contributed by atoms with E-state index in [1.54, 1.807) is 0 Å². The summed E-state index contributed by atoms with van der Waals surface area (Å²) < 4.78 is 2.37. The van der Waals surface area contributed by atoms with Gasteiger partial charge in [-0.2, -0.15) is 0 Å². The second-order valence-corrected chi connectivity index (χ2v) is 5.68. The first-order valence-electron chi connectivity index (χ1n) is 7.03. The zero-order valence-electron chi connectivity index (χ0n) is 11.5. The lowest BCUT2D eigenvalue weighted by atomic mass is 10.2. The molecule has 4 aromatic rings. The van der Waals surface area contributed by atoms with Crippen LogP contribution in [0.2, 0.25) is 5.02 Å². The van der Waals surface area contributed by atoms with Crippen LogP contribution in [0.25, 0.3) is 21.8 Å². The van der Waals surface area contributed by atoms with Gasteiger partial charge in [0.2, 0.25) is 0 Å². The van der Waals surface area contributed by atoms with Crippen molar-refractivity contribution in [2.45, 2.75) is 6.54 Å². The number of benzene rings is 3. The van der Waals surface area contributed by atoms with Crippen molar-refractivity contribution in [3.8, 4) is 0 Å². The van der Waals surface area contributed by atoms with Crippen LogP contribution < -0.4 is 0 Å². The molecule has 0 spiro atoms. The largest absolute Gasteiger partial charge is 0.336 e. The van der Waals surface area contributed by atoms with E-state index in [4.69, 9.17) is 11.6 Å². The number of hydrogen-bond acceptors (Lipinski definition) is 0. The van der Waals surface area contributed by atoms with Gasteiger partial charge in [0.25, 0.3) is 0 Å². The van der Waals surface area contributed by atoms with Gasteiger partial charge in [-0.1, -0.05) is 60.1 Å². The highest BCUT2D eigenvalue weighted by Crippen LogP contribution is 2.29. The quantitative estimate of drug-likeness (QED) is 0.460. The maximum absolute atomic E-state index is 5.98. The van der Waals surface area contributed by atoms with Crippen LogP contribution in [0.4, 0.5) is 0 Å². The second kappa shape index (κ2) is 4.94. The van der Waals surface area contributed by atoms with Crippen LogP contribution in [0.1, 0.15) is 5.56 Å². The molecule has 4 rings (SSSR count). The minimum Gasteiger partial charge on any atom is -0.336 e. The number of nitrogens with zero attached hydrogens (tertiary/aromatic N) is 1. The van der Waals surface area contributed by atoms with E-state index in [0.29, 0.717) is 0 Å². The Bertz CT molecular complexity index is 866. The summed E-state index contributed by atoms with van der Waals surface area (Å²) >= 11 is 5.98. The highest BCUT2D eigenvalue weighted by Gasteiger charge is 2.09. The summed E-state index contributed by atoms with van der Waals surface area (Å²) in [7, 11) is 0. The van der Waals surface area contributed by atoms with Crippen molar-refractivity contribution in [3.63, 3.8) is 0 Å². The number of rotatable bonds is 2. The topological polar surface area (TPSA) is 4.93 Å². The number of aromatic nitrogens is 1. The lowest BCUT2D eigenvalue weighted by Gasteiger charge is -2.07. The molecular formula is C19H14ClN. The Morgan fingerprint density at radius 1 is 0.667 bits per heavy atom. The van der Waals surface area contributed by atoms with Gasteiger partial charge in [0, 0.05) is 33.4 Å². The van der Waals surface area contributed by atoms with Gasteiger partial charge in [0.15, 0.2) is 0 Å². The third-order valence-corrected chi connectivity index (χ3v) is 4.19. The van der Waals surface area contributed by atoms with Crippen LogP contribution in [-0.4, -0.2) is 4.57 Å². The highest BCUT2D eigenvalue weighted by molar-refractivity contribution is 6.30. The first-order chi connectivity index (χ1) is 10.3. The average Bonchev–Trinajstić information content (AvgIpc) is 2.85. The van der Waals surface area contributed by atoms with E-state index in [9.17, 15) is 0 Å². The predicted molar refractivity (Wildman–Crippen MR) is 90.0 cm³/mol. The van der Waals surface area contributed by atoms with Gasteiger partial charge in [0.05, 0.1) is 0 Å². The smallest absolute Gasteiger partial charge is 0.0494 e. The molecule has 1 nitrogen and oxygen atoms in total. The minimum atomic E-state index is 0.779. The van der Waals surface area contributed by atoms with Crippen LogP contribution in [0.3, 0.4) is 0 Å². The van der Waals surface area contributed by atoms with Crippen LogP contribution in [0, 0.1) is 0 Å². The average molecular weight is 292 g/mol. The Kier molecular flexibility index (Phi) is 2.94. The van der Waals surface area contributed by atoms with E-state index in [0.717, 1.165) is 11.6 Å². The van der Waals surface area contributed by atoms with E-state index in [1.807, 2.05) is 12.1 Å². The molecule has 1 heterocycles. The second-order valence-electron chi connectivity index (χ2n) is 5.25. The molecule has 21 heavy (non-hydrogen) atoms. The van der Waals surface area contributed by atoms with E-state index in [1.165, 1.54) is 27.4 Å². The van der Waals surface area contributed by atoms with Crippen molar-refractivity contribution < 1.29 is 0 Å². The molecule has 0 bridgehead atoms. The molecule has 0 saturated heterocycles. The molecule has 3 aromatic carbocycles. The monoisotopic (exact) mass is 291 g/mol. The Morgan fingerprint density at radius 2 is 1.19 bits per heavy atom. The molecule has 0 aliphatic carbocycles. The molecule has 0 atom stereocenters. The van der Waals surface area contributed by atoms with E-state index in [2.05, 4.69) is 65.2 Å². The number of para-hydroxylation sites is 2. The van der Waals surface area contributed by atoms with Gasteiger partial charge in [0.1, 0.15) is 0 Å². The van der Waals surface area contributed by atoms with Crippen molar-refractivity contribution in [3.05, 3.63) is 83.4 Å². The molecule has 0 aliphatic rings. The van der Waals surface area contributed by atoms with Crippen LogP contribution in [0.15, 0.2) is 72.8 Å². The predicted octanol–water partition coefficient (Wildman–Crippen LogP) is 5.50. The van der Waals surface area contributed by atoms with Gasteiger partial charge in [-0.25, -0.2) is 0 Å². The number of halogens is 1. The SMILES string of the molecule is Clc1ccc(Cn2c3ccccc3c3ccccc32)cc1. The van der Waals surface area contributed by atoms with Gasteiger partial charge in [-0.05, 0) is 29.8 Å². The van der Waals surface area contributed by atoms with Gasteiger partial charge >= 0.3 is 0 Å². The summed E-state index contributed by atoms with van der Waals surface area (Å²) in [5.41, 5.74) is 3.80. The molecule has 0 amide bonds. The molecule has 2 heteroatoms. The Hall–Kier alpha value is -2.25. The first-order valence-corrected chi connectivity index (χ1v) is 7.41. The standard InChI is InChI=1S/C19H14ClN/c20-15-11-9-14(10-12-15)13-21-18-7-3-1-5-16(18)17-6-2-4-8-19(17)21/h1-12H,13H2. The fourth-order valence-electron chi connectivity index (χ4n) is 2.95. The maximum atomic E-state index is 5.98. The van der Waals surface area contributed by atoms with Crippen molar-refractivity contribution in [1.29, 1.82) is 0 Å². The Labute approximate surface area is 128 Å². The summed E-state index contributed by atoms with van der Waals surface area (Å²) in [5.74, 6) is 0. The summed E-state index contributed by atoms with van der Waals surface area (Å²) in [6, 6.07) is 25.2. The number of hydrogen-bond donors (Lipinski definition) is 0. The lowest BCUT2D eigenvalue weighted by molar-refractivity contribution is 0.869. The summed E-state index contributed by atoms with van der Waals surface area (Å²) in [6.45, 7) is 0.852. The van der Waals surface area contributed by atoms with E-state index >= 15 is 0 Å². The minimum absolute atomic E-state index is 0.779. The number of fused-ring (bicyclic) bond motifs is 3. The molecule has 0 unspecified atom stereocenters. The van der Waals surface area contributed by atoms with Gasteiger partial charge in [-0.15, -0.1) is 0 Å². The maximum Gasteiger partial charge on any atom is 0.0494 e. The third-order valence-electron chi connectivity index (χ3n) is 3.93. The summed E-state index contributed by atoms with van der Waals surface area (Å²) in [6.07, 6.45) is 0. The van der Waals surface area contributed by atoms with Crippen molar-refractivity contribution in [2.24, 2.45) is 0 Å². The summed E-state index contributed by atoms with van der Waals surface area (Å²) in [4.78, 5) is 0. The fraction of sp³-hybridized carbons (Fsp3) is 0.0526.